The normalized spacial score (nSPS) is 20.6. The van der Waals surface area contributed by atoms with Gasteiger partial charge in [0, 0.05) is 16.1 Å². The first-order valence-corrected chi connectivity index (χ1v) is 4.82. The van der Waals surface area contributed by atoms with Gasteiger partial charge in [-0.3, -0.25) is 0 Å². The van der Waals surface area contributed by atoms with Crippen molar-refractivity contribution in [3.63, 3.8) is 0 Å². The summed E-state index contributed by atoms with van der Waals surface area (Å²) in [7, 11) is 0. The van der Waals surface area contributed by atoms with Gasteiger partial charge in [0.2, 0.25) is 6.29 Å². The van der Waals surface area contributed by atoms with Crippen LogP contribution >= 0.6 is 15.9 Å². The van der Waals surface area contributed by atoms with Crippen molar-refractivity contribution in [2.75, 3.05) is 0 Å². The van der Waals surface area contributed by atoms with Gasteiger partial charge in [-0.15, -0.1) is 0 Å². The first kappa shape index (κ1) is 9.43. The number of hydrogen-bond donors (Lipinski definition) is 1. The predicted molar refractivity (Wildman–Crippen MR) is 54.2 cm³/mol. The van der Waals surface area contributed by atoms with Crippen LogP contribution in [0.25, 0.3) is 5.57 Å². The molecule has 0 aromatic heterocycles. The molecule has 72 valence electrons. The van der Waals surface area contributed by atoms with Crippen LogP contribution in [0.4, 0.5) is 0 Å². The summed E-state index contributed by atoms with van der Waals surface area (Å²) in [4.78, 5) is 10.9. The van der Waals surface area contributed by atoms with Crippen LogP contribution in [-0.4, -0.2) is 17.4 Å². The van der Waals surface area contributed by atoms with Gasteiger partial charge in [0.1, 0.15) is 0 Å². The van der Waals surface area contributed by atoms with E-state index in [4.69, 9.17) is 0 Å². The molecular weight excluding hydrogens is 248 g/mol. The second kappa shape index (κ2) is 3.55. The van der Waals surface area contributed by atoms with Crippen molar-refractivity contribution in [2.24, 2.45) is 0 Å². The molecule has 14 heavy (non-hydrogen) atoms. The van der Waals surface area contributed by atoms with Gasteiger partial charge in [-0.25, -0.2) is 4.79 Å². The van der Waals surface area contributed by atoms with E-state index in [1.165, 1.54) is 6.08 Å². The van der Waals surface area contributed by atoms with Gasteiger partial charge in [0.05, 0.1) is 0 Å². The van der Waals surface area contributed by atoms with Crippen molar-refractivity contribution in [3.05, 3.63) is 40.4 Å². The van der Waals surface area contributed by atoms with Crippen LogP contribution in [0, 0.1) is 0 Å². The quantitative estimate of drug-likeness (QED) is 0.777. The fourth-order valence-corrected chi connectivity index (χ4v) is 1.70. The van der Waals surface area contributed by atoms with Crippen LogP contribution in [-0.2, 0) is 9.53 Å². The second-order valence-electron chi connectivity index (χ2n) is 2.90. The summed E-state index contributed by atoms with van der Waals surface area (Å²) in [5, 5.41) is 9.38. The maximum absolute atomic E-state index is 10.9. The zero-order valence-corrected chi connectivity index (χ0v) is 8.69. The molecule has 1 atom stereocenters. The lowest BCUT2D eigenvalue weighted by atomic mass is 10.1. The number of ether oxygens (including phenoxy) is 1. The standard InChI is InChI=1S/C10H7BrO3/c11-7-3-1-2-6(4-7)8-5-9(12)14-10(8)13/h1-5,10,13H. The molecule has 0 spiro atoms. The van der Waals surface area contributed by atoms with Crippen molar-refractivity contribution in [2.45, 2.75) is 6.29 Å². The molecule has 1 aliphatic heterocycles. The minimum absolute atomic E-state index is 0.497. The van der Waals surface area contributed by atoms with Gasteiger partial charge in [0.25, 0.3) is 0 Å². The van der Waals surface area contributed by atoms with Crippen LogP contribution in [0.3, 0.4) is 0 Å². The Balaban J connectivity index is 2.40. The number of esters is 1. The van der Waals surface area contributed by atoms with Gasteiger partial charge >= 0.3 is 5.97 Å². The van der Waals surface area contributed by atoms with Crippen LogP contribution in [0.2, 0.25) is 0 Å². The molecule has 1 aliphatic rings. The van der Waals surface area contributed by atoms with Crippen molar-refractivity contribution < 1.29 is 14.6 Å². The van der Waals surface area contributed by atoms with E-state index in [2.05, 4.69) is 20.7 Å². The van der Waals surface area contributed by atoms with E-state index in [9.17, 15) is 9.90 Å². The average Bonchev–Trinajstić information content (AvgIpc) is 2.45. The predicted octanol–water partition coefficient (Wildman–Crippen LogP) is 1.71. The molecule has 0 fully saturated rings. The third-order valence-electron chi connectivity index (χ3n) is 1.93. The number of halogens is 1. The summed E-state index contributed by atoms with van der Waals surface area (Å²) in [6, 6.07) is 7.32. The van der Waals surface area contributed by atoms with Crippen molar-refractivity contribution in [1.29, 1.82) is 0 Å². The van der Waals surface area contributed by atoms with Gasteiger partial charge in [-0.05, 0) is 17.7 Å². The average molecular weight is 255 g/mol. The number of cyclic esters (lactones) is 1. The van der Waals surface area contributed by atoms with E-state index < -0.39 is 12.3 Å². The van der Waals surface area contributed by atoms with Crippen LogP contribution in [0.1, 0.15) is 5.56 Å². The number of aliphatic hydroxyl groups is 1. The molecule has 0 saturated heterocycles. The molecule has 1 N–H and O–H groups in total. The molecule has 0 amide bonds. The highest BCUT2D eigenvalue weighted by Crippen LogP contribution is 2.26. The highest BCUT2D eigenvalue weighted by molar-refractivity contribution is 9.10. The minimum Gasteiger partial charge on any atom is -0.428 e. The largest absolute Gasteiger partial charge is 0.428 e. The summed E-state index contributed by atoms with van der Waals surface area (Å²) in [6.45, 7) is 0. The monoisotopic (exact) mass is 254 g/mol. The van der Waals surface area contributed by atoms with Crippen LogP contribution in [0.15, 0.2) is 34.8 Å². The zero-order valence-electron chi connectivity index (χ0n) is 7.11. The number of aliphatic hydroxyl groups excluding tert-OH is 1. The Bertz CT molecular complexity index is 412. The highest BCUT2D eigenvalue weighted by atomic mass is 79.9. The molecule has 2 rings (SSSR count). The van der Waals surface area contributed by atoms with Crippen molar-refractivity contribution in [3.8, 4) is 0 Å². The molecule has 1 aromatic rings. The molecular formula is C10H7BrO3. The zero-order chi connectivity index (χ0) is 10.1. The molecule has 4 heteroatoms. The van der Waals surface area contributed by atoms with E-state index >= 15 is 0 Å². The molecule has 1 unspecified atom stereocenters. The van der Waals surface area contributed by atoms with Crippen molar-refractivity contribution in [1.82, 2.24) is 0 Å². The Kier molecular flexibility index (Phi) is 2.39. The third kappa shape index (κ3) is 1.71. The Morgan fingerprint density at radius 1 is 1.43 bits per heavy atom. The molecule has 1 aromatic carbocycles. The Morgan fingerprint density at radius 2 is 2.21 bits per heavy atom. The van der Waals surface area contributed by atoms with Crippen molar-refractivity contribution >= 4 is 27.5 Å². The molecule has 0 bridgehead atoms. The summed E-state index contributed by atoms with van der Waals surface area (Å²) in [5.41, 5.74) is 1.27. The summed E-state index contributed by atoms with van der Waals surface area (Å²) >= 11 is 3.31. The van der Waals surface area contributed by atoms with Crippen LogP contribution in [0.5, 0.6) is 0 Å². The maximum Gasteiger partial charge on any atom is 0.333 e. The van der Waals surface area contributed by atoms with Gasteiger partial charge in [-0.1, -0.05) is 28.1 Å². The Hall–Kier alpha value is -1.13. The molecule has 0 aliphatic carbocycles. The number of hydrogen-bond acceptors (Lipinski definition) is 3. The first-order valence-electron chi connectivity index (χ1n) is 4.03. The van der Waals surface area contributed by atoms with E-state index in [-0.39, 0.29) is 0 Å². The van der Waals surface area contributed by atoms with E-state index in [1.807, 2.05) is 24.3 Å². The lowest BCUT2D eigenvalue weighted by Gasteiger charge is -2.07. The Labute approximate surface area is 89.1 Å². The number of carbonyl (C=O) groups is 1. The second-order valence-corrected chi connectivity index (χ2v) is 3.81. The lowest BCUT2D eigenvalue weighted by molar-refractivity contribution is -0.149. The Morgan fingerprint density at radius 3 is 2.79 bits per heavy atom. The van der Waals surface area contributed by atoms with Crippen LogP contribution < -0.4 is 0 Å². The van der Waals surface area contributed by atoms with E-state index in [1.54, 1.807) is 0 Å². The third-order valence-corrected chi connectivity index (χ3v) is 2.42. The number of rotatable bonds is 1. The van der Waals surface area contributed by atoms with Gasteiger partial charge < -0.3 is 9.84 Å². The molecule has 0 radical (unpaired) electrons. The molecule has 1 heterocycles. The molecule has 0 saturated carbocycles. The van der Waals surface area contributed by atoms with E-state index in [0.29, 0.717) is 5.57 Å². The number of carbonyl (C=O) groups excluding carboxylic acids is 1. The topological polar surface area (TPSA) is 46.5 Å². The number of benzene rings is 1. The van der Waals surface area contributed by atoms with Gasteiger partial charge in [0.15, 0.2) is 0 Å². The summed E-state index contributed by atoms with van der Waals surface area (Å²) in [5.74, 6) is -0.507. The summed E-state index contributed by atoms with van der Waals surface area (Å²) < 4.78 is 5.47. The van der Waals surface area contributed by atoms with Gasteiger partial charge in [-0.2, -0.15) is 0 Å². The minimum atomic E-state index is -1.14. The highest BCUT2D eigenvalue weighted by Gasteiger charge is 2.24. The fourth-order valence-electron chi connectivity index (χ4n) is 1.30. The lowest BCUT2D eigenvalue weighted by Crippen LogP contribution is -2.09. The van der Waals surface area contributed by atoms with E-state index in [0.717, 1.165) is 10.0 Å². The maximum atomic E-state index is 10.9. The summed E-state index contributed by atoms with van der Waals surface area (Å²) in [6.07, 6.45) is 0.156. The first-order chi connectivity index (χ1) is 6.66. The fraction of sp³-hybridized carbons (Fsp3) is 0.100. The SMILES string of the molecule is O=C1C=C(c2cccc(Br)c2)C(O)O1. The smallest absolute Gasteiger partial charge is 0.333 e. The molecule has 3 nitrogen and oxygen atoms in total.